The summed E-state index contributed by atoms with van der Waals surface area (Å²) in [5, 5.41) is 9.77. The molecular weight excluding hydrogens is 203 g/mol. The Kier molecular flexibility index (Phi) is 4.36. The Labute approximate surface area is 88.5 Å². The summed E-state index contributed by atoms with van der Waals surface area (Å²) in [4.78, 5) is 0. The number of benzene rings is 1. The lowest BCUT2D eigenvalue weighted by molar-refractivity contribution is 0.160. The second kappa shape index (κ2) is 5.32. The number of aliphatic hydroxyl groups excluding tert-OH is 1. The van der Waals surface area contributed by atoms with E-state index in [1.165, 1.54) is 6.07 Å². The van der Waals surface area contributed by atoms with Gasteiger partial charge in [0.15, 0.2) is 0 Å². The maximum Gasteiger partial charge on any atom is 0.127 e. The lowest BCUT2D eigenvalue weighted by Gasteiger charge is -2.09. The minimum Gasteiger partial charge on any atom is -0.393 e. The van der Waals surface area contributed by atoms with Gasteiger partial charge in [-0.15, -0.1) is 0 Å². The van der Waals surface area contributed by atoms with Crippen molar-refractivity contribution in [3.05, 3.63) is 34.6 Å². The average molecular weight is 217 g/mol. The summed E-state index contributed by atoms with van der Waals surface area (Å²) in [7, 11) is 0. The summed E-state index contributed by atoms with van der Waals surface area (Å²) in [6.45, 7) is 1.90. The van der Waals surface area contributed by atoms with E-state index in [2.05, 4.69) is 0 Å². The van der Waals surface area contributed by atoms with E-state index in [0.29, 0.717) is 29.8 Å². The fourth-order valence-corrected chi connectivity index (χ4v) is 1.54. The summed E-state index contributed by atoms with van der Waals surface area (Å²) in [6, 6.07) is 4.63. The third kappa shape index (κ3) is 2.96. The third-order valence-corrected chi connectivity index (χ3v) is 2.61. The van der Waals surface area contributed by atoms with E-state index in [4.69, 9.17) is 11.6 Å². The van der Waals surface area contributed by atoms with Gasteiger partial charge in [0, 0.05) is 10.6 Å². The summed E-state index contributed by atoms with van der Waals surface area (Å²) in [5.74, 6) is -0.291. The van der Waals surface area contributed by atoms with Gasteiger partial charge in [-0.3, -0.25) is 0 Å². The van der Waals surface area contributed by atoms with Gasteiger partial charge in [0.2, 0.25) is 0 Å². The van der Waals surface area contributed by atoms with Crippen molar-refractivity contribution in [3.8, 4) is 0 Å². The molecule has 0 aromatic heterocycles. The van der Waals surface area contributed by atoms with Crippen LogP contribution >= 0.6 is 11.6 Å². The van der Waals surface area contributed by atoms with E-state index in [9.17, 15) is 9.50 Å². The molecule has 0 radical (unpaired) electrons. The smallest absolute Gasteiger partial charge is 0.127 e. The second-order valence-corrected chi connectivity index (χ2v) is 3.71. The van der Waals surface area contributed by atoms with Crippen LogP contribution in [0.3, 0.4) is 0 Å². The van der Waals surface area contributed by atoms with Crippen LogP contribution in [-0.2, 0) is 6.42 Å². The van der Waals surface area contributed by atoms with Gasteiger partial charge in [0.25, 0.3) is 0 Å². The molecule has 14 heavy (non-hydrogen) atoms. The number of halogens is 2. The zero-order valence-corrected chi connectivity index (χ0v) is 8.89. The molecule has 1 nitrogen and oxygen atoms in total. The number of aliphatic hydroxyl groups is 1. The van der Waals surface area contributed by atoms with Crippen molar-refractivity contribution < 1.29 is 9.50 Å². The number of rotatable bonds is 4. The fourth-order valence-electron chi connectivity index (χ4n) is 1.29. The first-order chi connectivity index (χ1) is 6.65. The van der Waals surface area contributed by atoms with Crippen molar-refractivity contribution in [1.82, 2.24) is 0 Å². The minimum atomic E-state index is -0.370. The third-order valence-electron chi connectivity index (χ3n) is 2.26. The van der Waals surface area contributed by atoms with Crippen LogP contribution in [0.4, 0.5) is 4.39 Å². The van der Waals surface area contributed by atoms with Gasteiger partial charge in [-0.2, -0.15) is 0 Å². The van der Waals surface area contributed by atoms with Crippen LogP contribution in [0.5, 0.6) is 0 Å². The van der Waals surface area contributed by atoms with E-state index >= 15 is 0 Å². The molecule has 0 amide bonds. The predicted molar refractivity (Wildman–Crippen MR) is 56.0 cm³/mol. The van der Waals surface area contributed by atoms with Gasteiger partial charge >= 0.3 is 0 Å². The highest BCUT2D eigenvalue weighted by molar-refractivity contribution is 6.31. The number of hydrogen-bond acceptors (Lipinski definition) is 1. The topological polar surface area (TPSA) is 20.2 Å². The summed E-state index contributed by atoms with van der Waals surface area (Å²) in [5.41, 5.74) is 0.502. The second-order valence-electron chi connectivity index (χ2n) is 3.30. The molecule has 1 unspecified atom stereocenters. The van der Waals surface area contributed by atoms with Crippen molar-refractivity contribution in [2.45, 2.75) is 32.3 Å². The normalized spacial score (nSPS) is 12.9. The first-order valence-corrected chi connectivity index (χ1v) is 5.14. The molecule has 1 atom stereocenters. The van der Waals surface area contributed by atoms with Gasteiger partial charge in [0.1, 0.15) is 5.82 Å². The molecule has 0 aliphatic heterocycles. The van der Waals surface area contributed by atoms with Crippen LogP contribution < -0.4 is 0 Å². The van der Waals surface area contributed by atoms with E-state index < -0.39 is 0 Å². The summed E-state index contributed by atoms with van der Waals surface area (Å²) in [6.07, 6.45) is 1.36. The minimum absolute atomic E-state index is 0.291. The Bertz CT molecular complexity index is 281. The van der Waals surface area contributed by atoms with E-state index in [0.717, 1.165) is 0 Å². The molecule has 0 bridgehead atoms. The van der Waals surface area contributed by atoms with Gasteiger partial charge in [0.05, 0.1) is 6.10 Å². The van der Waals surface area contributed by atoms with Crippen LogP contribution in [-0.4, -0.2) is 11.2 Å². The first-order valence-electron chi connectivity index (χ1n) is 4.76. The Balaban J connectivity index is 2.66. The van der Waals surface area contributed by atoms with Crippen molar-refractivity contribution in [2.75, 3.05) is 0 Å². The highest BCUT2D eigenvalue weighted by Crippen LogP contribution is 2.21. The molecule has 0 heterocycles. The van der Waals surface area contributed by atoms with Gasteiger partial charge < -0.3 is 5.11 Å². The van der Waals surface area contributed by atoms with E-state index in [-0.39, 0.29) is 11.9 Å². The zero-order valence-electron chi connectivity index (χ0n) is 8.13. The molecule has 3 heteroatoms. The first kappa shape index (κ1) is 11.5. The maximum atomic E-state index is 13.2. The molecule has 1 N–H and O–H groups in total. The van der Waals surface area contributed by atoms with Gasteiger partial charge in [-0.25, -0.2) is 4.39 Å². The molecule has 1 rings (SSSR count). The summed E-state index contributed by atoms with van der Waals surface area (Å²) >= 11 is 5.83. The van der Waals surface area contributed by atoms with Crippen LogP contribution in [0.15, 0.2) is 18.2 Å². The molecule has 0 aliphatic rings. The predicted octanol–water partition coefficient (Wildman–Crippen LogP) is 3.18. The monoisotopic (exact) mass is 216 g/mol. The van der Waals surface area contributed by atoms with E-state index in [1.807, 2.05) is 6.92 Å². The average Bonchev–Trinajstić information content (AvgIpc) is 2.16. The van der Waals surface area contributed by atoms with Gasteiger partial charge in [-0.05, 0) is 31.4 Å². The molecule has 0 saturated carbocycles. The van der Waals surface area contributed by atoms with Crippen LogP contribution in [0.2, 0.25) is 5.02 Å². The van der Waals surface area contributed by atoms with Crippen LogP contribution in [0, 0.1) is 5.82 Å². The standard InChI is InChI=1S/C11H14ClFO/c1-2-8(14)6-7-9-10(12)4-3-5-11(9)13/h3-5,8,14H,2,6-7H2,1H3. The molecule has 1 aromatic rings. The SMILES string of the molecule is CCC(O)CCc1c(F)cccc1Cl. The molecule has 0 fully saturated rings. The molecule has 1 aromatic carbocycles. The van der Waals surface area contributed by atoms with Crippen molar-refractivity contribution in [3.63, 3.8) is 0 Å². The maximum absolute atomic E-state index is 13.2. The Morgan fingerprint density at radius 1 is 1.50 bits per heavy atom. The van der Waals surface area contributed by atoms with Gasteiger partial charge in [-0.1, -0.05) is 24.6 Å². The highest BCUT2D eigenvalue weighted by Gasteiger charge is 2.08. The molecular formula is C11H14ClFO. The fraction of sp³-hybridized carbons (Fsp3) is 0.455. The zero-order chi connectivity index (χ0) is 10.6. The Morgan fingerprint density at radius 2 is 2.21 bits per heavy atom. The lowest BCUT2D eigenvalue weighted by atomic mass is 10.1. The Hall–Kier alpha value is -0.600. The Morgan fingerprint density at radius 3 is 2.79 bits per heavy atom. The highest BCUT2D eigenvalue weighted by atomic mass is 35.5. The lowest BCUT2D eigenvalue weighted by Crippen LogP contribution is -2.06. The largest absolute Gasteiger partial charge is 0.393 e. The van der Waals surface area contributed by atoms with E-state index in [1.54, 1.807) is 12.1 Å². The van der Waals surface area contributed by atoms with Crippen molar-refractivity contribution >= 4 is 11.6 Å². The quantitative estimate of drug-likeness (QED) is 0.820. The molecule has 0 aliphatic carbocycles. The van der Waals surface area contributed by atoms with Crippen LogP contribution in [0.1, 0.15) is 25.3 Å². The molecule has 0 spiro atoms. The van der Waals surface area contributed by atoms with Crippen LogP contribution in [0.25, 0.3) is 0 Å². The van der Waals surface area contributed by atoms with Crippen molar-refractivity contribution in [2.24, 2.45) is 0 Å². The number of hydrogen-bond donors (Lipinski definition) is 1. The van der Waals surface area contributed by atoms with Crippen molar-refractivity contribution in [1.29, 1.82) is 0 Å². The molecule has 78 valence electrons. The molecule has 0 saturated heterocycles. The summed E-state index contributed by atoms with van der Waals surface area (Å²) < 4.78 is 13.2.